The number of rotatable bonds is 5. The fourth-order valence-electron chi connectivity index (χ4n) is 2.20. The molecule has 1 atom stereocenters. The Morgan fingerprint density at radius 1 is 1.35 bits per heavy atom. The molecule has 17 heavy (non-hydrogen) atoms. The summed E-state index contributed by atoms with van der Waals surface area (Å²) in [4.78, 5) is 2.45. The van der Waals surface area contributed by atoms with Crippen molar-refractivity contribution >= 4 is 0 Å². The van der Waals surface area contributed by atoms with Crippen molar-refractivity contribution in [1.82, 2.24) is 4.90 Å². The highest BCUT2D eigenvalue weighted by Gasteiger charge is 2.15. The summed E-state index contributed by atoms with van der Waals surface area (Å²) in [5.41, 5.74) is 8.48. The summed E-state index contributed by atoms with van der Waals surface area (Å²) in [6, 6.07) is 8.71. The number of hydrogen-bond acceptors (Lipinski definition) is 3. The SMILES string of the molecule is CC(CN)OCCN1CCc2ccccc2C1. The predicted molar refractivity (Wildman–Crippen MR) is 69.9 cm³/mol. The van der Waals surface area contributed by atoms with Crippen LogP contribution in [-0.4, -0.2) is 37.2 Å². The van der Waals surface area contributed by atoms with Crippen LogP contribution in [0, 0.1) is 0 Å². The Kier molecular flexibility index (Phi) is 4.54. The van der Waals surface area contributed by atoms with Gasteiger partial charge in [0.15, 0.2) is 0 Å². The fourth-order valence-corrected chi connectivity index (χ4v) is 2.20. The van der Waals surface area contributed by atoms with E-state index in [0.29, 0.717) is 6.54 Å². The van der Waals surface area contributed by atoms with Crippen molar-refractivity contribution in [2.75, 3.05) is 26.2 Å². The maximum absolute atomic E-state index is 5.62. The lowest BCUT2D eigenvalue weighted by atomic mass is 10.0. The summed E-state index contributed by atoms with van der Waals surface area (Å²) in [6.45, 7) is 6.58. The van der Waals surface area contributed by atoms with Gasteiger partial charge in [-0.25, -0.2) is 0 Å². The molecule has 0 spiro atoms. The molecule has 2 rings (SSSR count). The van der Waals surface area contributed by atoms with Crippen LogP contribution >= 0.6 is 0 Å². The van der Waals surface area contributed by atoms with Crippen molar-refractivity contribution in [3.8, 4) is 0 Å². The Morgan fingerprint density at radius 3 is 2.88 bits per heavy atom. The average molecular weight is 234 g/mol. The van der Waals surface area contributed by atoms with E-state index in [1.165, 1.54) is 11.1 Å². The van der Waals surface area contributed by atoms with Crippen molar-refractivity contribution in [3.63, 3.8) is 0 Å². The first kappa shape index (κ1) is 12.6. The van der Waals surface area contributed by atoms with Crippen LogP contribution in [0.4, 0.5) is 0 Å². The first-order chi connectivity index (χ1) is 8.29. The van der Waals surface area contributed by atoms with Crippen LogP contribution in [0.2, 0.25) is 0 Å². The lowest BCUT2D eigenvalue weighted by Gasteiger charge is -2.28. The highest BCUT2D eigenvalue weighted by Crippen LogP contribution is 2.17. The van der Waals surface area contributed by atoms with Crippen molar-refractivity contribution in [2.24, 2.45) is 5.73 Å². The van der Waals surface area contributed by atoms with Crippen molar-refractivity contribution in [3.05, 3.63) is 35.4 Å². The molecule has 1 unspecified atom stereocenters. The molecule has 0 aromatic heterocycles. The molecule has 1 heterocycles. The van der Waals surface area contributed by atoms with Gasteiger partial charge in [-0.15, -0.1) is 0 Å². The normalized spacial score (nSPS) is 17.8. The topological polar surface area (TPSA) is 38.5 Å². The van der Waals surface area contributed by atoms with E-state index < -0.39 is 0 Å². The number of benzene rings is 1. The average Bonchev–Trinajstić information content (AvgIpc) is 2.38. The summed E-state index contributed by atoms with van der Waals surface area (Å²) in [5.74, 6) is 0. The minimum absolute atomic E-state index is 0.173. The van der Waals surface area contributed by atoms with E-state index in [1.807, 2.05) is 6.92 Å². The van der Waals surface area contributed by atoms with Crippen LogP contribution in [0.1, 0.15) is 18.1 Å². The van der Waals surface area contributed by atoms with Crippen molar-refractivity contribution < 1.29 is 4.74 Å². The van der Waals surface area contributed by atoms with Crippen LogP contribution in [-0.2, 0) is 17.7 Å². The molecule has 3 nitrogen and oxygen atoms in total. The molecule has 94 valence electrons. The van der Waals surface area contributed by atoms with E-state index >= 15 is 0 Å². The Balaban J connectivity index is 1.78. The fraction of sp³-hybridized carbons (Fsp3) is 0.571. The van der Waals surface area contributed by atoms with Gasteiger partial charge in [-0.2, -0.15) is 0 Å². The van der Waals surface area contributed by atoms with Gasteiger partial charge in [-0.05, 0) is 24.5 Å². The minimum atomic E-state index is 0.173. The van der Waals surface area contributed by atoms with E-state index in [-0.39, 0.29) is 6.10 Å². The highest BCUT2D eigenvalue weighted by atomic mass is 16.5. The summed E-state index contributed by atoms with van der Waals surface area (Å²) in [7, 11) is 0. The van der Waals surface area contributed by atoms with Crippen molar-refractivity contribution in [1.29, 1.82) is 0 Å². The van der Waals surface area contributed by atoms with E-state index in [4.69, 9.17) is 10.5 Å². The van der Waals surface area contributed by atoms with E-state index in [0.717, 1.165) is 32.7 Å². The van der Waals surface area contributed by atoms with Crippen LogP contribution in [0.15, 0.2) is 24.3 Å². The number of hydrogen-bond donors (Lipinski definition) is 1. The van der Waals surface area contributed by atoms with Gasteiger partial charge in [0.2, 0.25) is 0 Å². The van der Waals surface area contributed by atoms with Crippen LogP contribution in [0.25, 0.3) is 0 Å². The first-order valence-electron chi connectivity index (χ1n) is 6.40. The van der Waals surface area contributed by atoms with Crippen molar-refractivity contribution in [2.45, 2.75) is 26.0 Å². The second kappa shape index (κ2) is 6.15. The molecule has 2 N–H and O–H groups in total. The number of fused-ring (bicyclic) bond motifs is 1. The van der Waals surface area contributed by atoms with E-state index in [1.54, 1.807) is 0 Å². The van der Waals surface area contributed by atoms with Gasteiger partial charge in [0.05, 0.1) is 12.7 Å². The summed E-state index contributed by atoms with van der Waals surface area (Å²) in [6.07, 6.45) is 1.33. The standard InChI is InChI=1S/C14H22N2O/c1-12(10-15)17-9-8-16-7-6-13-4-2-3-5-14(13)11-16/h2-5,12H,6-11,15H2,1H3. The quantitative estimate of drug-likeness (QED) is 0.837. The molecule has 1 aliphatic heterocycles. The molecule has 0 radical (unpaired) electrons. The summed E-state index contributed by atoms with van der Waals surface area (Å²) >= 11 is 0. The largest absolute Gasteiger partial charge is 0.376 e. The maximum Gasteiger partial charge on any atom is 0.0669 e. The van der Waals surface area contributed by atoms with Crippen LogP contribution < -0.4 is 5.73 Å². The van der Waals surface area contributed by atoms with E-state index in [2.05, 4.69) is 29.2 Å². The Bertz CT molecular complexity index is 354. The maximum atomic E-state index is 5.62. The Hall–Kier alpha value is -0.900. The zero-order chi connectivity index (χ0) is 12.1. The molecule has 3 heteroatoms. The molecule has 1 aromatic carbocycles. The second-order valence-electron chi connectivity index (χ2n) is 4.71. The summed E-state index contributed by atoms with van der Waals surface area (Å²) in [5, 5.41) is 0. The zero-order valence-corrected chi connectivity index (χ0v) is 10.6. The Morgan fingerprint density at radius 2 is 2.12 bits per heavy atom. The zero-order valence-electron chi connectivity index (χ0n) is 10.6. The van der Waals surface area contributed by atoms with E-state index in [9.17, 15) is 0 Å². The molecule has 0 amide bonds. The van der Waals surface area contributed by atoms with Gasteiger partial charge < -0.3 is 10.5 Å². The van der Waals surface area contributed by atoms with Gasteiger partial charge in [0.25, 0.3) is 0 Å². The second-order valence-corrected chi connectivity index (χ2v) is 4.71. The monoisotopic (exact) mass is 234 g/mol. The lowest BCUT2D eigenvalue weighted by molar-refractivity contribution is 0.0508. The highest BCUT2D eigenvalue weighted by molar-refractivity contribution is 5.28. The molecule has 0 bridgehead atoms. The predicted octanol–water partition coefficient (Wildman–Crippen LogP) is 1.41. The third-order valence-corrected chi connectivity index (χ3v) is 3.35. The van der Waals surface area contributed by atoms with Gasteiger partial charge in [0, 0.05) is 26.2 Å². The molecule has 0 saturated heterocycles. The molecule has 0 aliphatic carbocycles. The van der Waals surface area contributed by atoms with Gasteiger partial charge >= 0.3 is 0 Å². The van der Waals surface area contributed by atoms with Crippen LogP contribution in [0.3, 0.4) is 0 Å². The number of ether oxygens (including phenoxy) is 1. The summed E-state index contributed by atoms with van der Waals surface area (Å²) < 4.78 is 5.62. The molecule has 1 aliphatic rings. The molecule has 0 saturated carbocycles. The van der Waals surface area contributed by atoms with Crippen LogP contribution in [0.5, 0.6) is 0 Å². The Labute approximate surface area is 104 Å². The minimum Gasteiger partial charge on any atom is -0.376 e. The first-order valence-corrected chi connectivity index (χ1v) is 6.40. The third kappa shape index (κ3) is 3.53. The van der Waals surface area contributed by atoms with Gasteiger partial charge in [-0.3, -0.25) is 4.90 Å². The smallest absolute Gasteiger partial charge is 0.0669 e. The molecular formula is C14H22N2O. The third-order valence-electron chi connectivity index (χ3n) is 3.35. The number of nitrogens with zero attached hydrogens (tertiary/aromatic N) is 1. The van der Waals surface area contributed by atoms with Gasteiger partial charge in [-0.1, -0.05) is 24.3 Å². The number of nitrogens with two attached hydrogens (primary N) is 1. The molecular weight excluding hydrogens is 212 g/mol. The molecule has 1 aromatic rings. The lowest BCUT2D eigenvalue weighted by Crippen LogP contribution is -2.34. The van der Waals surface area contributed by atoms with Gasteiger partial charge in [0.1, 0.15) is 0 Å². The molecule has 0 fully saturated rings.